The first-order valence-electron chi connectivity index (χ1n) is 6.91. The van der Waals surface area contributed by atoms with Gasteiger partial charge in [0.1, 0.15) is 0 Å². The highest BCUT2D eigenvalue weighted by molar-refractivity contribution is 5.34. The van der Waals surface area contributed by atoms with E-state index in [-0.39, 0.29) is 0 Å². The normalized spacial score (nSPS) is 22.3. The number of benzene rings is 1. The van der Waals surface area contributed by atoms with Gasteiger partial charge in [0.25, 0.3) is 0 Å². The Morgan fingerprint density at radius 1 is 0.889 bits per heavy atom. The van der Waals surface area contributed by atoms with Gasteiger partial charge in [0.2, 0.25) is 0 Å². The van der Waals surface area contributed by atoms with E-state index in [2.05, 4.69) is 47.0 Å². The van der Waals surface area contributed by atoms with Crippen LogP contribution in [0.5, 0.6) is 0 Å². The molecular formula is C15H23N3. The SMILES string of the molecule is CN1CCN(Cc2ccc3c(c2)CN(C)C3)CC1. The van der Waals surface area contributed by atoms with Gasteiger partial charge in [-0.1, -0.05) is 18.2 Å². The van der Waals surface area contributed by atoms with Crippen molar-refractivity contribution in [1.29, 1.82) is 0 Å². The van der Waals surface area contributed by atoms with Crippen molar-refractivity contribution in [1.82, 2.24) is 14.7 Å². The van der Waals surface area contributed by atoms with Crippen molar-refractivity contribution < 1.29 is 0 Å². The Balaban J connectivity index is 1.65. The summed E-state index contributed by atoms with van der Waals surface area (Å²) in [4.78, 5) is 7.36. The monoisotopic (exact) mass is 245 g/mol. The Labute approximate surface area is 110 Å². The van der Waals surface area contributed by atoms with E-state index in [1.165, 1.54) is 42.9 Å². The molecule has 0 aromatic heterocycles. The predicted octanol–water partition coefficient (Wildman–Crippen LogP) is 1.38. The molecule has 1 saturated heterocycles. The Morgan fingerprint density at radius 2 is 1.61 bits per heavy atom. The first kappa shape index (κ1) is 12.2. The molecule has 0 N–H and O–H groups in total. The maximum absolute atomic E-state index is 2.57. The third-order valence-corrected chi connectivity index (χ3v) is 4.15. The van der Waals surface area contributed by atoms with E-state index in [0.29, 0.717) is 0 Å². The van der Waals surface area contributed by atoms with Crippen molar-refractivity contribution in [3.8, 4) is 0 Å². The molecule has 0 aliphatic carbocycles. The molecule has 2 aliphatic rings. The van der Waals surface area contributed by atoms with Crippen LogP contribution in [0.1, 0.15) is 16.7 Å². The van der Waals surface area contributed by atoms with E-state index in [9.17, 15) is 0 Å². The van der Waals surface area contributed by atoms with Gasteiger partial charge in [-0.2, -0.15) is 0 Å². The maximum atomic E-state index is 2.57. The topological polar surface area (TPSA) is 9.72 Å². The van der Waals surface area contributed by atoms with Crippen LogP contribution in [0.2, 0.25) is 0 Å². The van der Waals surface area contributed by atoms with Crippen molar-refractivity contribution in [2.45, 2.75) is 19.6 Å². The summed E-state index contributed by atoms with van der Waals surface area (Å²) >= 11 is 0. The second-order valence-corrected chi connectivity index (χ2v) is 5.85. The second-order valence-electron chi connectivity index (χ2n) is 5.85. The minimum absolute atomic E-state index is 1.12. The summed E-state index contributed by atoms with van der Waals surface area (Å²) in [7, 11) is 4.41. The van der Waals surface area contributed by atoms with Gasteiger partial charge in [-0.15, -0.1) is 0 Å². The standard InChI is InChI=1S/C15H23N3/c1-16-5-7-18(8-6-16)10-13-3-4-14-11-17(2)12-15(14)9-13/h3-4,9H,5-8,10-12H2,1-2H3. The fourth-order valence-electron chi connectivity index (χ4n) is 2.98. The molecule has 18 heavy (non-hydrogen) atoms. The molecule has 1 aromatic rings. The molecule has 0 saturated carbocycles. The number of rotatable bonds is 2. The molecule has 0 bridgehead atoms. The third-order valence-electron chi connectivity index (χ3n) is 4.15. The predicted molar refractivity (Wildman–Crippen MR) is 74.4 cm³/mol. The second kappa shape index (κ2) is 5.00. The summed E-state index contributed by atoms with van der Waals surface area (Å²) in [5, 5.41) is 0. The Kier molecular flexibility index (Phi) is 3.37. The molecule has 0 spiro atoms. The van der Waals surface area contributed by atoms with Gasteiger partial charge in [0, 0.05) is 45.8 Å². The van der Waals surface area contributed by atoms with Crippen molar-refractivity contribution >= 4 is 0 Å². The van der Waals surface area contributed by atoms with E-state index in [0.717, 1.165) is 19.6 Å². The lowest BCUT2D eigenvalue weighted by Crippen LogP contribution is -2.43. The molecule has 0 radical (unpaired) electrons. The molecular weight excluding hydrogens is 222 g/mol. The van der Waals surface area contributed by atoms with E-state index in [1.807, 2.05) is 0 Å². The lowest BCUT2D eigenvalue weighted by Gasteiger charge is -2.32. The van der Waals surface area contributed by atoms with Gasteiger partial charge in [0.05, 0.1) is 0 Å². The zero-order valence-corrected chi connectivity index (χ0v) is 11.5. The molecule has 3 nitrogen and oxygen atoms in total. The largest absolute Gasteiger partial charge is 0.304 e. The highest BCUT2D eigenvalue weighted by Crippen LogP contribution is 2.23. The number of fused-ring (bicyclic) bond motifs is 1. The van der Waals surface area contributed by atoms with Crippen LogP contribution in [0.15, 0.2) is 18.2 Å². The van der Waals surface area contributed by atoms with Crippen LogP contribution >= 0.6 is 0 Å². The summed E-state index contributed by atoms with van der Waals surface area (Å²) in [6.45, 7) is 8.16. The number of piperazine rings is 1. The summed E-state index contributed by atoms with van der Waals surface area (Å²) in [5.74, 6) is 0. The van der Waals surface area contributed by atoms with Crippen LogP contribution in [0.3, 0.4) is 0 Å². The lowest BCUT2D eigenvalue weighted by atomic mass is 10.1. The number of nitrogens with zero attached hydrogens (tertiary/aromatic N) is 3. The number of hydrogen-bond donors (Lipinski definition) is 0. The molecule has 1 fully saturated rings. The van der Waals surface area contributed by atoms with E-state index < -0.39 is 0 Å². The molecule has 1 aromatic carbocycles. The van der Waals surface area contributed by atoms with Crippen LogP contribution in [0.4, 0.5) is 0 Å². The van der Waals surface area contributed by atoms with Gasteiger partial charge in [-0.3, -0.25) is 9.80 Å². The van der Waals surface area contributed by atoms with Crippen molar-refractivity contribution in [3.63, 3.8) is 0 Å². The molecule has 3 heteroatoms. The summed E-state index contributed by atoms with van der Waals surface area (Å²) in [6, 6.07) is 7.05. The highest BCUT2D eigenvalue weighted by atomic mass is 15.2. The molecule has 0 atom stereocenters. The molecule has 2 aliphatic heterocycles. The van der Waals surface area contributed by atoms with E-state index in [1.54, 1.807) is 0 Å². The molecule has 2 heterocycles. The summed E-state index contributed by atoms with van der Waals surface area (Å²) < 4.78 is 0. The van der Waals surface area contributed by atoms with Crippen molar-refractivity contribution in [3.05, 3.63) is 34.9 Å². The molecule has 0 unspecified atom stereocenters. The smallest absolute Gasteiger partial charge is 0.0237 e. The third kappa shape index (κ3) is 2.58. The summed E-state index contributed by atoms with van der Waals surface area (Å²) in [5.41, 5.74) is 4.53. The highest BCUT2D eigenvalue weighted by Gasteiger charge is 2.17. The Morgan fingerprint density at radius 3 is 2.39 bits per heavy atom. The van der Waals surface area contributed by atoms with Gasteiger partial charge in [0.15, 0.2) is 0 Å². The summed E-state index contributed by atoms with van der Waals surface area (Å²) in [6.07, 6.45) is 0. The van der Waals surface area contributed by atoms with Gasteiger partial charge in [-0.05, 0) is 30.8 Å². The van der Waals surface area contributed by atoms with Crippen LogP contribution in [-0.4, -0.2) is 55.0 Å². The van der Waals surface area contributed by atoms with Gasteiger partial charge < -0.3 is 4.90 Å². The van der Waals surface area contributed by atoms with Crippen LogP contribution in [-0.2, 0) is 19.6 Å². The number of hydrogen-bond acceptors (Lipinski definition) is 3. The van der Waals surface area contributed by atoms with E-state index in [4.69, 9.17) is 0 Å². The molecule has 98 valence electrons. The lowest BCUT2D eigenvalue weighted by molar-refractivity contribution is 0.148. The van der Waals surface area contributed by atoms with E-state index >= 15 is 0 Å². The average molecular weight is 245 g/mol. The van der Waals surface area contributed by atoms with Crippen LogP contribution in [0.25, 0.3) is 0 Å². The minimum atomic E-state index is 1.12. The van der Waals surface area contributed by atoms with Crippen LogP contribution in [0, 0.1) is 0 Å². The maximum Gasteiger partial charge on any atom is 0.0237 e. The molecule has 0 amide bonds. The zero-order valence-electron chi connectivity index (χ0n) is 11.5. The average Bonchev–Trinajstić information content (AvgIpc) is 2.71. The fraction of sp³-hybridized carbons (Fsp3) is 0.600. The first-order valence-corrected chi connectivity index (χ1v) is 6.91. The fourth-order valence-corrected chi connectivity index (χ4v) is 2.98. The quantitative estimate of drug-likeness (QED) is 0.779. The van der Waals surface area contributed by atoms with Gasteiger partial charge in [-0.25, -0.2) is 0 Å². The Hall–Kier alpha value is -0.900. The zero-order chi connectivity index (χ0) is 12.5. The van der Waals surface area contributed by atoms with Gasteiger partial charge >= 0.3 is 0 Å². The van der Waals surface area contributed by atoms with Crippen molar-refractivity contribution in [2.75, 3.05) is 40.3 Å². The van der Waals surface area contributed by atoms with Crippen molar-refractivity contribution in [2.24, 2.45) is 0 Å². The first-order chi connectivity index (χ1) is 8.70. The Bertz CT molecular complexity index is 422. The molecule has 3 rings (SSSR count). The van der Waals surface area contributed by atoms with Crippen LogP contribution < -0.4 is 0 Å². The number of likely N-dealkylation sites (N-methyl/N-ethyl adjacent to an activating group) is 1. The minimum Gasteiger partial charge on any atom is -0.304 e.